The van der Waals surface area contributed by atoms with Gasteiger partial charge in [0.05, 0.1) is 18.2 Å². The Morgan fingerprint density at radius 1 is 1.06 bits per heavy atom. The number of nitrogens with one attached hydrogen (secondary N) is 1. The molecule has 156 valence electrons. The second-order valence-electron chi connectivity index (χ2n) is 7.41. The van der Waals surface area contributed by atoms with Crippen LogP contribution in [0.4, 0.5) is 19.3 Å². The van der Waals surface area contributed by atoms with E-state index in [0.29, 0.717) is 16.0 Å². The molecule has 6 nitrogen and oxygen atoms in total. The van der Waals surface area contributed by atoms with Gasteiger partial charge in [0.1, 0.15) is 5.69 Å². The van der Waals surface area contributed by atoms with Gasteiger partial charge in [-0.25, -0.2) is 18.5 Å². The topological polar surface area (TPSA) is 69.3 Å². The summed E-state index contributed by atoms with van der Waals surface area (Å²) in [7, 11) is 1.48. The van der Waals surface area contributed by atoms with E-state index in [-0.39, 0.29) is 12.0 Å². The Morgan fingerprint density at radius 3 is 2.32 bits per heavy atom. The number of anilines is 1. The van der Waals surface area contributed by atoms with E-state index >= 15 is 0 Å². The van der Waals surface area contributed by atoms with Crippen molar-refractivity contribution in [3.05, 3.63) is 83.2 Å². The van der Waals surface area contributed by atoms with Gasteiger partial charge >= 0.3 is 6.03 Å². The van der Waals surface area contributed by atoms with Gasteiger partial charge < -0.3 is 4.90 Å². The fraction of sp³-hybridized carbons (Fsp3) is 0.174. The van der Waals surface area contributed by atoms with Crippen molar-refractivity contribution in [3.63, 3.8) is 0 Å². The van der Waals surface area contributed by atoms with Gasteiger partial charge in [0.25, 0.3) is 0 Å². The SMILES string of the molecule is CN1C(=O)N(c2c(F)cc(C#Cc3ccccc3)cc2F)C(=O)C[C@@]1(C)c1cn[nH]c1. The molecule has 3 amide bonds. The van der Waals surface area contributed by atoms with Crippen LogP contribution >= 0.6 is 0 Å². The highest BCUT2D eigenvalue weighted by Crippen LogP contribution is 2.38. The Kier molecular flexibility index (Phi) is 5.03. The van der Waals surface area contributed by atoms with Crippen molar-refractivity contribution < 1.29 is 18.4 Å². The van der Waals surface area contributed by atoms with Gasteiger partial charge in [0.2, 0.25) is 5.91 Å². The summed E-state index contributed by atoms with van der Waals surface area (Å²) in [6, 6.07) is 10.2. The lowest BCUT2D eigenvalue weighted by Crippen LogP contribution is -2.60. The number of amides is 3. The number of nitrogens with zero attached hydrogens (tertiary/aromatic N) is 3. The molecule has 8 heteroatoms. The van der Waals surface area contributed by atoms with Crippen LogP contribution in [0.1, 0.15) is 30.0 Å². The predicted molar refractivity (Wildman–Crippen MR) is 110 cm³/mol. The number of halogens is 2. The zero-order chi connectivity index (χ0) is 22.2. The molecule has 1 aliphatic heterocycles. The fourth-order valence-corrected chi connectivity index (χ4v) is 3.54. The molecule has 1 saturated heterocycles. The maximum absolute atomic E-state index is 14.9. The van der Waals surface area contributed by atoms with Crippen molar-refractivity contribution in [3.8, 4) is 11.8 Å². The van der Waals surface area contributed by atoms with Crippen LogP contribution in [0.2, 0.25) is 0 Å². The minimum absolute atomic E-state index is 0.0936. The number of rotatable bonds is 2. The largest absolute Gasteiger partial charge is 0.332 e. The second kappa shape index (κ2) is 7.69. The number of carbonyl (C=O) groups is 2. The summed E-state index contributed by atoms with van der Waals surface area (Å²) in [4.78, 5) is 27.7. The third-order valence-corrected chi connectivity index (χ3v) is 5.45. The Bertz CT molecular complexity index is 1190. The van der Waals surface area contributed by atoms with E-state index in [4.69, 9.17) is 0 Å². The quantitative estimate of drug-likeness (QED) is 0.642. The lowest BCUT2D eigenvalue weighted by atomic mass is 9.87. The highest BCUT2D eigenvalue weighted by Gasteiger charge is 2.48. The summed E-state index contributed by atoms with van der Waals surface area (Å²) in [5, 5.41) is 6.51. The maximum Gasteiger partial charge on any atom is 0.332 e. The Hall–Kier alpha value is -3.99. The Labute approximate surface area is 177 Å². The molecule has 31 heavy (non-hydrogen) atoms. The molecule has 1 aromatic heterocycles. The number of aromatic nitrogens is 2. The van der Waals surface area contributed by atoms with Gasteiger partial charge in [-0.3, -0.25) is 9.89 Å². The van der Waals surface area contributed by atoms with Gasteiger partial charge in [-0.2, -0.15) is 5.10 Å². The molecule has 1 fully saturated rings. The lowest BCUT2D eigenvalue weighted by molar-refractivity contribution is -0.122. The summed E-state index contributed by atoms with van der Waals surface area (Å²) >= 11 is 0. The average Bonchev–Trinajstić information content (AvgIpc) is 3.29. The first-order valence-corrected chi connectivity index (χ1v) is 9.47. The van der Waals surface area contributed by atoms with E-state index < -0.39 is 34.8 Å². The molecule has 0 spiro atoms. The smallest absolute Gasteiger partial charge is 0.317 e. The van der Waals surface area contributed by atoms with Crippen molar-refractivity contribution in [1.29, 1.82) is 0 Å². The normalized spacial score (nSPS) is 18.7. The highest BCUT2D eigenvalue weighted by atomic mass is 19.1. The number of urea groups is 1. The first kappa shape index (κ1) is 20.3. The van der Waals surface area contributed by atoms with E-state index in [9.17, 15) is 18.4 Å². The van der Waals surface area contributed by atoms with Crippen molar-refractivity contribution in [2.24, 2.45) is 0 Å². The fourth-order valence-electron chi connectivity index (χ4n) is 3.54. The molecule has 0 saturated carbocycles. The molecule has 2 heterocycles. The van der Waals surface area contributed by atoms with Crippen LogP contribution in [0.3, 0.4) is 0 Å². The number of aromatic amines is 1. The second-order valence-corrected chi connectivity index (χ2v) is 7.41. The van der Waals surface area contributed by atoms with Crippen molar-refractivity contribution in [2.75, 3.05) is 11.9 Å². The minimum atomic E-state index is -1.04. The lowest BCUT2D eigenvalue weighted by Gasteiger charge is -2.45. The zero-order valence-electron chi connectivity index (χ0n) is 16.8. The summed E-state index contributed by atoms with van der Waals surface area (Å²) in [5.74, 6) is 2.71. The van der Waals surface area contributed by atoms with Crippen molar-refractivity contribution in [2.45, 2.75) is 18.9 Å². The van der Waals surface area contributed by atoms with Crippen molar-refractivity contribution >= 4 is 17.6 Å². The van der Waals surface area contributed by atoms with Crippen molar-refractivity contribution in [1.82, 2.24) is 15.1 Å². The van der Waals surface area contributed by atoms with Gasteiger partial charge in [-0.05, 0) is 31.2 Å². The average molecular weight is 420 g/mol. The number of imide groups is 1. The molecule has 0 unspecified atom stereocenters. The molecule has 0 radical (unpaired) electrons. The van der Waals surface area contributed by atoms with Gasteiger partial charge in [-0.1, -0.05) is 30.0 Å². The third kappa shape index (κ3) is 3.55. The Morgan fingerprint density at radius 2 is 1.71 bits per heavy atom. The van der Waals surface area contributed by atoms with E-state index in [2.05, 4.69) is 22.0 Å². The first-order chi connectivity index (χ1) is 14.8. The van der Waals surface area contributed by atoms with Crippen LogP contribution in [0.5, 0.6) is 0 Å². The number of carbonyl (C=O) groups excluding carboxylic acids is 2. The van der Waals surface area contributed by atoms with Gasteiger partial charge in [0.15, 0.2) is 11.6 Å². The van der Waals surface area contributed by atoms with Crippen LogP contribution in [0.15, 0.2) is 54.9 Å². The summed E-state index contributed by atoms with van der Waals surface area (Å²) < 4.78 is 29.7. The van der Waals surface area contributed by atoms with Gasteiger partial charge in [0, 0.05) is 29.9 Å². The predicted octanol–water partition coefficient (Wildman–Crippen LogP) is 3.79. The molecule has 1 atom stereocenters. The monoisotopic (exact) mass is 420 g/mol. The van der Waals surface area contributed by atoms with E-state index in [1.54, 1.807) is 37.4 Å². The molecule has 0 aliphatic carbocycles. The number of H-pyrrole nitrogens is 1. The van der Waals surface area contributed by atoms with Crippen LogP contribution in [0, 0.1) is 23.5 Å². The van der Waals surface area contributed by atoms with Crippen LogP contribution in [0.25, 0.3) is 0 Å². The number of hydrogen-bond acceptors (Lipinski definition) is 3. The molecule has 3 aromatic rings. The van der Waals surface area contributed by atoms with E-state index in [1.165, 1.54) is 18.1 Å². The van der Waals surface area contributed by atoms with Crippen LogP contribution < -0.4 is 4.90 Å². The van der Waals surface area contributed by atoms with E-state index in [1.807, 2.05) is 6.07 Å². The third-order valence-electron chi connectivity index (χ3n) is 5.45. The highest BCUT2D eigenvalue weighted by molar-refractivity contribution is 6.16. The molecular formula is C23H18F2N4O2. The first-order valence-electron chi connectivity index (χ1n) is 9.47. The molecule has 2 aromatic carbocycles. The summed E-state index contributed by atoms with van der Waals surface area (Å²) in [6.07, 6.45) is 2.92. The van der Waals surface area contributed by atoms with E-state index in [0.717, 1.165) is 12.1 Å². The zero-order valence-corrected chi connectivity index (χ0v) is 16.8. The molecular weight excluding hydrogens is 402 g/mol. The number of hydrogen-bond donors (Lipinski definition) is 1. The standard InChI is InChI=1S/C23H18F2N4O2/c1-23(17-13-26-27-14-17)12-20(30)29(22(31)28(23)2)21-18(24)10-16(11-19(21)25)9-8-15-6-4-3-5-7-15/h3-7,10-11,13-14H,12H2,1-2H3,(H,26,27)/t23-/m0/s1. The number of benzene rings is 2. The minimum Gasteiger partial charge on any atom is -0.317 e. The van der Waals surface area contributed by atoms with Crippen LogP contribution in [-0.2, 0) is 10.3 Å². The Balaban J connectivity index is 1.68. The molecule has 0 bridgehead atoms. The molecule has 1 N–H and O–H groups in total. The molecule has 1 aliphatic rings. The van der Waals surface area contributed by atoms with Crippen LogP contribution in [-0.4, -0.2) is 34.1 Å². The summed E-state index contributed by atoms with van der Waals surface area (Å²) in [6.45, 7) is 1.69. The maximum atomic E-state index is 14.9. The van der Waals surface area contributed by atoms with Gasteiger partial charge in [-0.15, -0.1) is 0 Å². The molecule has 4 rings (SSSR count). The summed E-state index contributed by atoms with van der Waals surface area (Å²) in [5.41, 5.74) is -0.304.